The minimum Gasteiger partial charge on any atom is -0.496 e. The summed E-state index contributed by atoms with van der Waals surface area (Å²) in [5, 5.41) is 4.16. The Hall–Kier alpha value is -2.17. The number of aromatic nitrogens is 2. The zero-order valence-corrected chi connectivity index (χ0v) is 11.0. The van der Waals surface area contributed by atoms with Crippen molar-refractivity contribution in [3.63, 3.8) is 0 Å². The molecule has 0 radical (unpaired) electrons. The van der Waals surface area contributed by atoms with E-state index in [2.05, 4.69) is 5.10 Å². The highest BCUT2D eigenvalue weighted by atomic mass is 16.5. The van der Waals surface area contributed by atoms with Crippen LogP contribution in [0, 0.1) is 6.92 Å². The van der Waals surface area contributed by atoms with Crippen LogP contribution in [0.3, 0.4) is 0 Å². The number of aryl methyl sites for hydroxylation is 1. The summed E-state index contributed by atoms with van der Waals surface area (Å²) in [4.78, 5) is 0. The van der Waals surface area contributed by atoms with Gasteiger partial charge in [-0.3, -0.25) is 4.68 Å². The first-order chi connectivity index (χ1) is 8.60. The Labute approximate surface area is 106 Å². The van der Waals surface area contributed by atoms with Crippen molar-refractivity contribution in [3.05, 3.63) is 23.9 Å². The number of rotatable bonds is 3. The lowest BCUT2D eigenvalue weighted by molar-refractivity contribution is 0.402. The predicted molar refractivity (Wildman–Crippen MR) is 70.9 cm³/mol. The molecule has 0 fully saturated rings. The maximum atomic E-state index is 6.02. The Morgan fingerprint density at radius 3 is 2.28 bits per heavy atom. The van der Waals surface area contributed by atoms with Gasteiger partial charge in [0.1, 0.15) is 17.3 Å². The number of benzene rings is 1. The molecule has 2 N–H and O–H groups in total. The Morgan fingerprint density at radius 2 is 1.78 bits per heavy atom. The smallest absolute Gasteiger partial charge is 0.129 e. The monoisotopic (exact) mass is 247 g/mol. The third kappa shape index (κ3) is 1.77. The van der Waals surface area contributed by atoms with Crippen LogP contribution >= 0.6 is 0 Å². The summed E-state index contributed by atoms with van der Waals surface area (Å²) in [6.45, 7) is 1.98. The molecule has 0 amide bonds. The van der Waals surface area contributed by atoms with E-state index in [-0.39, 0.29) is 0 Å². The quantitative estimate of drug-likeness (QED) is 0.901. The highest BCUT2D eigenvalue weighted by Crippen LogP contribution is 2.40. The molecule has 0 saturated heterocycles. The Bertz CT molecular complexity index is 576. The SMILES string of the molecule is COc1ccc(OC)c(-c2cnn(C)c2N)c1C. The number of anilines is 1. The summed E-state index contributed by atoms with van der Waals surface area (Å²) < 4.78 is 12.4. The van der Waals surface area contributed by atoms with Crippen LogP contribution in [-0.2, 0) is 7.05 Å². The maximum absolute atomic E-state index is 6.02. The summed E-state index contributed by atoms with van der Waals surface area (Å²) in [6, 6.07) is 3.75. The molecule has 0 bridgehead atoms. The first kappa shape index (κ1) is 12.3. The molecule has 0 saturated carbocycles. The van der Waals surface area contributed by atoms with Crippen molar-refractivity contribution in [3.8, 4) is 22.6 Å². The molecular weight excluding hydrogens is 230 g/mol. The van der Waals surface area contributed by atoms with Crippen LogP contribution in [0.1, 0.15) is 5.56 Å². The molecule has 1 aromatic carbocycles. The lowest BCUT2D eigenvalue weighted by atomic mass is 10.0. The van der Waals surface area contributed by atoms with Crippen molar-refractivity contribution in [1.29, 1.82) is 0 Å². The largest absolute Gasteiger partial charge is 0.496 e. The van der Waals surface area contributed by atoms with Crippen molar-refractivity contribution < 1.29 is 9.47 Å². The van der Waals surface area contributed by atoms with Gasteiger partial charge in [0.25, 0.3) is 0 Å². The predicted octanol–water partition coefficient (Wildman–Crippen LogP) is 1.99. The number of nitrogen functional groups attached to an aromatic ring is 1. The van der Waals surface area contributed by atoms with E-state index in [1.54, 1.807) is 32.1 Å². The Balaban J connectivity index is 2.72. The number of ether oxygens (including phenoxy) is 2. The average Bonchev–Trinajstić information content (AvgIpc) is 2.70. The summed E-state index contributed by atoms with van der Waals surface area (Å²) in [6.07, 6.45) is 1.74. The number of hydrogen-bond acceptors (Lipinski definition) is 4. The third-order valence-corrected chi connectivity index (χ3v) is 3.07. The molecule has 0 aliphatic carbocycles. The van der Waals surface area contributed by atoms with Gasteiger partial charge in [0.2, 0.25) is 0 Å². The molecule has 2 rings (SSSR count). The molecule has 2 aromatic rings. The zero-order chi connectivity index (χ0) is 13.3. The molecule has 1 heterocycles. The van der Waals surface area contributed by atoms with E-state index >= 15 is 0 Å². The molecule has 0 atom stereocenters. The number of hydrogen-bond donors (Lipinski definition) is 1. The van der Waals surface area contributed by atoms with E-state index in [1.807, 2.05) is 19.1 Å². The molecule has 5 nitrogen and oxygen atoms in total. The second-order valence-electron chi connectivity index (χ2n) is 4.04. The molecule has 5 heteroatoms. The average molecular weight is 247 g/mol. The van der Waals surface area contributed by atoms with Crippen LogP contribution in [0.5, 0.6) is 11.5 Å². The Kier molecular flexibility index (Phi) is 3.14. The fourth-order valence-corrected chi connectivity index (χ4v) is 2.03. The lowest BCUT2D eigenvalue weighted by Crippen LogP contribution is -2.00. The van der Waals surface area contributed by atoms with E-state index in [0.29, 0.717) is 5.82 Å². The standard InChI is InChI=1S/C13H17N3O2/c1-8-10(17-3)5-6-11(18-4)12(8)9-7-15-16(2)13(9)14/h5-7H,14H2,1-4H3. The van der Waals surface area contributed by atoms with Crippen molar-refractivity contribution in [1.82, 2.24) is 9.78 Å². The normalized spacial score (nSPS) is 10.4. The van der Waals surface area contributed by atoms with Gasteiger partial charge in [0.05, 0.1) is 20.4 Å². The van der Waals surface area contributed by atoms with Gasteiger partial charge in [-0.2, -0.15) is 5.10 Å². The molecule has 0 aliphatic heterocycles. The van der Waals surface area contributed by atoms with Crippen LogP contribution in [0.15, 0.2) is 18.3 Å². The summed E-state index contributed by atoms with van der Waals surface area (Å²) >= 11 is 0. The van der Waals surface area contributed by atoms with Gasteiger partial charge in [-0.15, -0.1) is 0 Å². The van der Waals surface area contributed by atoms with E-state index in [1.165, 1.54) is 0 Å². The third-order valence-electron chi connectivity index (χ3n) is 3.07. The first-order valence-electron chi connectivity index (χ1n) is 5.59. The van der Waals surface area contributed by atoms with Gasteiger partial charge in [-0.1, -0.05) is 0 Å². The van der Waals surface area contributed by atoms with E-state index in [0.717, 1.165) is 28.2 Å². The molecule has 0 aliphatic rings. The fourth-order valence-electron chi connectivity index (χ4n) is 2.03. The van der Waals surface area contributed by atoms with Crippen LogP contribution < -0.4 is 15.2 Å². The van der Waals surface area contributed by atoms with Crippen LogP contribution in [-0.4, -0.2) is 24.0 Å². The highest BCUT2D eigenvalue weighted by molar-refractivity contribution is 5.82. The van der Waals surface area contributed by atoms with Crippen molar-refractivity contribution in [2.24, 2.45) is 7.05 Å². The minimum atomic E-state index is 0.602. The van der Waals surface area contributed by atoms with Gasteiger partial charge in [0.15, 0.2) is 0 Å². The first-order valence-corrected chi connectivity index (χ1v) is 5.59. The van der Waals surface area contributed by atoms with Gasteiger partial charge in [-0.05, 0) is 19.1 Å². The van der Waals surface area contributed by atoms with Crippen LogP contribution in [0.25, 0.3) is 11.1 Å². The fraction of sp³-hybridized carbons (Fsp3) is 0.308. The lowest BCUT2D eigenvalue weighted by Gasteiger charge is -2.14. The summed E-state index contributed by atoms with van der Waals surface area (Å²) in [7, 11) is 5.09. The molecular formula is C13H17N3O2. The molecule has 0 unspecified atom stereocenters. The highest BCUT2D eigenvalue weighted by Gasteiger charge is 2.17. The summed E-state index contributed by atoms with van der Waals surface area (Å²) in [5.74, 6) is 2.16. The number of methoxy groups -OCH3 is 2. The van der Waals surface area contributed by atoms with Gasteiger partial charge < -0.3 is 15.2 Å². The second kappa shape index (κ2) is 4.60. The van der Waals surface area contributed by atoms with Crippen molar-refractivity contribution in [2.45, 2.75) is 6.92 Å². The minimum absolute atomic E-state index is 0.602. The van der Waals surface area contributed by atoms with E-state index in [9.17, 15) is 0 Å². The number of nitrogens with zero attached hydrogens (tertiary/aromatic N) is 2. The maximum Gasteiger partial charge on any atom is 0.129 e. The van der Waals surface area contributed by atoms with Gasteiger partial charge in [-0.25, -0.2) is 0 Å². The number of nitrogens with two attached hydrogens (primary N) is 1. The van der Waals surface area contributed by atoms with E-state index in [4.69, 9.17) is 15.2 Å². The Morgan fingerprint density at radius 1 is 1.17 bits per heavy atom. The molecule has 0 spiro atoms. The van der Waals surface area contributed by atoms with Crippen molar-refractivity contribution in [2.75, 3.05) is 20.0 Å². The van der Waals surface area contributed by atoms with Gasteiger partial charge >= 0.3 is 0 Å². The van der Waals surface area contributed by atoms with Crippen LogP contribution in [0.4, 0.5) is 5.82 Å². The summed E-state index contributed by atoms with van der Waals surface area (Å²) in [5.41, 5.74) is 8.78. The second-order valence-corrected chi connectivity index (χ2v) is 4.04. The van der Waals surface area contributed by atoms with Crippen LogP contribution in [0.2, 0.25) is 0 Å². The van der Waals surface area contributed by atoms with Gasteiger partial charge in [0, 0.05) is 23.7 Å². The zero-order valence-electron chi connectivity index (χ0n) is 11.0. The molecule has 18 heavy (non-hydrogen) atoms. The van der Waals surface area contributed by atoms with Crippen molar-refractivity contribution >= 4 is 5.82 Å². The molecule has 1 aromatic heterocycles. The van der Waals surface area contributed by atoms with E-state index < -0.39 is 0 Å². The topological polar surface area (TPSA) is 62.3 Å². The molecule has 96 valence electrons.